The Morgan fingerprint density at radius 1 is 1.17 bits per heavy atom. The molecule has 0 aliphatic carbocycles. The fraction of sp³-hybridized carbons (Fsp3) is 0.0526. The first kappa shape index (κ1) is 18.4. The highest BCUT2D eigenvalue weighted by Gasteiger charge is 2.13. The number of thiophene rings is 1. The van der Waals surface area contributed by atoms with Gasteiger partial charge in [0.2, 0.25) is 5.95 Å². The van der Waals surface area contributed by atoms with E-state index in [0.29, 0.717) is 34.2 Å². The van der Waals surface area contributed by atoms with Crippen LogP contribution >= 0.6 is 11.3 Å². The third-order valence-corrected chi connectivity index (χ3v) is 4.90. The number of hydrogen-bond acceptors (Lipinski definition) is 7. The Kier molecular flexibility index (Phi) is 4.83. The van der Waals surface area contributed by atoms with E-state index >= 15 is 0 Å². The molecule has 4 rings (SSSR count). The molecular formula is C19H15N5O4S. The number of rotatable bonds is 6. The van der Waals surface area contributed by atoms with Crippen LogP contribution in [0.2, 0.25) is 0 Å². The molecular weight excluding hydrogens is 394 g/mol. The van der Waals surface area contributed by atoms with Gasteiger partial charge in [0.15, 0.2) is 0 Å². The fourth-order valence-corrected chi connectivity index (χ4v) is 3.36. The van der Waals surface area contributed by atoms with Crippen molar-refractivity contribution < 1.29 is 19.4 Å². The molecule has 1 amide bonds. The van der Waals surface area contributed by atoms with Gasteiger partial charge in [-0.2, -0.15) is 0 Å². The van der Waals surface area contributed by atoms with Gasteiger partial charge in [-0.15, -0.1) is 11.3 Å². The monoisotopic (exact) mass is 409 g/mol. The van der Waals surface area contributed by atoms with Crippen LogP contribution in [0, 0.1) is 0 Å². The minimum Gasteiger partial charge on any atom is -0.477 e. The van der Waals surface area contributed by atoms with Crippen molar-refractivity contribution in [1.29, 1.82) is 0 Å². The van der Waals surface area contributed by atoms with E-state index in [-0.39, 0.29) is 16.5 Å². The van der Waals surface area contributed by atoms with Crippen molar-refractivity contribution in [2.75, 3.05) is 12.4 Å². The summed E-state index contributed by atoms with van der Waals surface area (Å²) in [4.78, 5) is 34.7. The van der Waals surface area contributed by atoms with Crippen molar-refractivity contribution >= 4 is 45.9 Å². The van der Waals surface area contributed by atoms with Crippen LogP contribution in [-0.2, 0) is 0 Å². The van der Waals surface area contributed by atoms with Crippen LogP contribution in [0.3, 0.4) is 0 Å². The fourth-order valence-electron chi connectivity index (χ4n) is 2.68. The number of fused-ring (bicyclic) bond motifs is 1. The zero-order valence-electron chi connectivity index (χ0n) is 15.1. The third-order valence-electron chi connectivity index (χ3n) is 3.99. The van der Waals surface area contributed by atoms with Crippen molar-refractivity contribution in [2.45, 2.75) is 0 Å². The lowest BCUT2D eigenvalue weighted by atomic mass is 10.3. The van der Waals surface area contributed by atoms with Gasteiger partial charge in [-0.1, -0.05) is 0 Å². The first-order valence-electron chi connectivity index (χ1n) is 8.47. The lowest BCUT2D eigenvalue weighted by Gasteiger charge is -2.06. The molecule has 3 heterocycles. The highest BCUT2D eigenvalue weighted by molar-refractivity contribution is 7.12. The summed E-state index contributed by atoms with van der Waals surface area (Å²) in [6.45, 7) is 0. The number of nitrogens with one attached hydrogen (secondary N) is 3. The molecule has 0 saturated carbocycles. The minimum atomic E-state index is -0.997. The number of carbonyl (C=O) groups excluding carboxylic acids is 1. The van der Waals surface area contributed by atoms with Crippen LogP contribution in [-0.4, -0.2) is 39.0 Å². The normalized spacial score (nSPS) is 10.7. The van der Waals surface area contributed by atoms with Gasteiger partial charge < -0.3 is 25.5 Å². The highest BCUT2D eigenvalue weighted by atomic mass is 32.1. The van der Waals surface area contributed by atoms with E-state index in [1.54, 1.807) is 41.8 Å². The van der Waals surface area contributed by atoms with Crippen molar-refractivity contribution in [3.05, 3.63) is 58.5 Å². The summed E-state index contributed by atoms with van der Waals surface area (Å²) in [6.07, 6.45) is 1.50. The minimum absolute atomic E-state index is 0.207. The quantitative estimate of drug-likeness (QED) is 0.383. The first-order chi connectivity index (χ1) is 14.0. The van der Waals surface area contributed by atoms with Gasteiger partial charge in [0.1, 0.15) is 22.1 Å². The maximum absolute atomic E-state index is 11.7. The Hall–Kier alpha value is -3.92. The average molecular weight is 409 g/mol. The van der Waals surface area contributed by atoms with Gasteiger partial charge in [-0.05, 0) is 29.6 Å². The number of ether oxygens (including phenoxy) is 1. The Morgan fingerprint density at radius 2 is 2.00 bits per heavy atom. The molecule has 0 fully saturated rings. The van der Waals surface area contributed by atoms with E-state index in [1.165, 1.54) is 13.2 Å². The molecule has 4 N–H and O–H groups in total. The number of aromatic amines is 1. The molecule has 0 saturated heterocycles. The van der Waals surface area contributed by atoms with E-state index < -0.39 is 5.97 Å². The van der Waals surface area contributed by atoms with Crippen LogP contribution in [0.5, 0.6) is 11.5 Å². The van der Waals surface area contributed by atoms with E-state index in [9.17, 15) is 14.7 Å². The second-order valence-corrected chi connectivity index (χ2v) is 6.83. The van der Waals surface area contributed by atoms with E-state index in [1.807, 2.05) is 0 Å². The number of hydrogen-bond donors (Lipinski definition) is 4. The zero-order chi connectivity index (χ0) is 20.4. The van der Waals surface area contributed by atoms with Gasteiger partial charge in [-0.25, -0.2) is 9.78 Å². The predicted molar refractivity (Wildman–Crippen MR) is 108 cm³/mol. The van der Waals surface area contributed by atoms with E-state index in [2.05, 4.69) is 25.6 Å². The molecule has 0 aliphatic heterocycles. The Bertz CT molecular complexity index is 1220. The number of carboxylic acid groups (broad SMARTS) is 1. The second-order valence-electron chi connectivity index (χ2n) is 5.92. The molecule has 4 aromatic rings. The van der Waals surface area contributed by atoms with Crippen molar-refractivity contribution in [1.82, 2.24) is 20.3 Å². The smallest absolute Gasteiger partial charge is 0.348 e. The topological polar surface area (TPSA) is 129 Å². The third kappa shape index (κ3) is 3.87. The maximum atomic E-state index is 11.7. The molecule has 10 heteroatoms. The maximum Gasteiger partial charge on any atom is 0.348 e. The Labute approximate surface area is 168 Å². The van der Waals surface area contributed by atoms with Gasteiger partial charge in [-0.3, -0.25) is 9.78 Å². The van der Waals surface area contributed by atoms with Gasteiger partial charge in [0, 0.05) is 25.4 Å². The number of benzene rings is 1. The first-order valence-corrected chi connectivity index (χ1v) is 9.35. The largest absolute Gasteiger partial charge is 0.477 e. The molecule has 0 atom stereocenters. The van der Waals surface area contributed by atoms with Crippen molar-refractivity contribution in [3.8, 4) is 11.5 Å². The van der Waals surface area contributed by atoms with Crippen LogP contribution in [0.15, 0.2) is 48.0 Å². The van der Waals surface area contributed by atoms with Gasteiger partial charge >= 0.3 is 5.97 Å². The number of amides is 1. The molecule has 0 aliphatic rings. The van der Waals surface area contributed by atoms with Crippen molar-refractivity contribution in [3.63, 3.8) is 0 Å². The molecule has 146 valence electrons. The summed E-state index contributed by atoms with van der Waals surface area (Å²) in [6, 6.07) is 10.2. The van der Waals surface area contributed by atoms with Crippen LogP contribution in [0.4, 0.5) is 11.6 Å². The molecule has 9 nitrogen and oxygen atoms in total. The number of imidazole rings is 1. The zero-order valence-corrected chi connectivity index (χ0v) is 15.9. The van der Waals surface area contributed by atoms with Crippen LogP contribution in [0.25, 0.3) is 11.0 Å². The Morgan fingerprint density at radius 3 is 2.79 bits per heavy atom. The standard InChI is InChI=1S/C19H15N5O4S/c1-20-17(25)15-9-11(4-6-21-15)28-10-2-3-12-14(8-10)24-19(22-12)23-13-5-7-29-16(13)18(26)27/h2-9H,1H3,(H,20,25)(H,26,27)(H2,22,23,24). The number of pyridine rings is 1. The summed E-state index contributed by atoms with van der Waals surface area (Å²) >= 11 is 1.13. The van der Waals surface area contributed by atoms with Crippen LogP contribution < -0.4 is 15.4 Å². The number of carboxylic acids is 1. The molecule has 0 bridgehead atoms. The molecule has 3 aromatic heterocycles. The number of carbonyl (C=O) groups is 2. The Balaban J connectivity index is 1.56. The average Bonchev–Trinajstić information content (AvgIpc) is 3.34. The summed E-state index contributed by atoms with van der Waals surface area (Å²) < 4.78 is 5.82. The summed E-state index contributed by atoms with van der Waals surface area (Å²) in [5, 5.41) is 16.4. The number of nitrogens with zero attached hydrogens (tertiary/aromatic N) is 2. The summed E-state index contributed by atoms with van der Waals surface area (Å²) in [5.74, 6) is 0.139. The summed E-state index contributed by atoms with van der Waals surface area (Å²) in [7, 11) is 1.53. The second kappa shape index (κ2) is 7.60. The number of aromatic nitrogens is 3. The van der Waals surface area contributed by atoms with Gasteiger partial charge in [0.05, 0.1) is 16.7 Å². The van der Waals surface area contributed by atoms with E-state index in [4.69, 9.17) is 4.74 Å². The number of H-pyrrole nitrogens is 1. The molecule has 29 heavy (non-hydrogen) atoms. The van der Waals surface area contributed by atoms with Crippen LogP contribution in [0.1, 0.15) is 20.2 Å². The molecule has 0 spiro atoms. The number of aromatic carboxylic acids is 1. The molecule has 0 radical (unpaired) electrons. The molecule has 1 aromatic carbocycles. The van der Waals surface area contributed by atoms with E-state index in [0.717, 1.165) is 11.3 Å². The lowest BCUT2D eigenvalue weighted by Crippen LogP contribution is -2.18. The lowest BCUT2D eigenvalue weighted by molar-refractivity contribution is 0.0703. The summed E-state index contributed by atoms with van der Waals surface area (Å²) in [5.41, 5.74) is 2.12. The van der Waals surface area contributed by atoms with Crippen molar-refractivity contribution in [2.24, 2.45) is 0 Å². The predicted octanol–water partition coefficient (Wildman–Crippen LogP) is 3.61. The SMILES string of the molecule is CNC(=O)c1cc(Oc2ccc3nc(Nc4ccsc4C(=O)O)[nH]c3c2)ccn1. The number of anilines is 2. The van der Waals surface area contributed by atoms with Gasteiger partial charge in [0.25, 0.3) is 5.91 Å². The molecule has 0 unspecified atom stereocenters. The highest BCUT2D eigenvalue weighted by Crippen LogP contribution is 2.28.